The van der Waals surface area contributed by atoms with Crippen LogP contribution in [0.25, 0.3) is 11.4 Å². The summed E-state index contributed by atoms with van der Waals surface area (Å²) in [6.45, 7) is 2.82. The van der Waals surface area contributed by atoms with Crippen molar-refractivity contribution >= 4 is 18.1 Å². The first-order chi connectivity index (χ1) is 11.5. The minimum absolute atomic E-state index is 0.0270. The van der Waals surface area contributed by atoms with Crippen LogP contribution in [0.2, 0.25) is 0 Å². The zero-order valence-corrected chi connectivity index (χ0v) is 14.9. The Labute approximate surface area is 146 Å². The molecule has 2 aromatic rings. The largest absolute Gasteiger partial charge is 0.497 e. The van der Waals surface area contributed by atoms with Crippen LogP contribution in [0.4, 0.5) is 0 Å². The number of nitrogens with zero attached hydrogens (tertiary/aromatic N) is 2. The van der Waals surface area contributed by atoms with E-state index < -0.39 is 0 Å². The van der Waals surface area contributed by atoms with Crippen molar-refractivity contribution in [2.45, 2.75) is 25.9 Å². The first-order valence-electron chi connectivity index (χ1n) is 7.63. The highest BCUT2D eigenvalue weighted by Gasteiger charge is 2.12. The fourth-order valence-electron chi connectivity index (χ4n) is 2.34. The van der Waals surface area contributed by atoms with Gasteiger partial charge in [-0.25, -0.2) is 0 Å². The highest BCUT2D eigenvalue weighted by Crippen LogP contribution is 2.21. The van der Waals surface area contributed by atoms with E-state index in [0.29, 0.717) is 30.2 Å². The molecular weight excluding hydrogens is 328 g/mol. The minimum atomic E-state index is -0.0525. The summed E-state index contributed by atoms with van der Waals surface area (Å²) in [4.78, 5) is 12.0. The van der Waals surface area contributed by atoms with E-state index in [9.17, 15) is 4.79 Å². The summed E-state index contributed by atoms with van der Waals surface area (Å²) in [7, 11) is 3.23. The zero-order valence-electron chi connectivity index (χ0n) is 14.0. The standard InChI is InChI=1S/C16H22N4O3S/c1-11(10-22-2)17-14(21)8-9-20-15(18-19-16(20)24)12-4-6-13(23-3)7-5-12/h4-7,11H,8-10H2,1-3H3,(H,17,21)(H,19,24). The fraction of sp³-hybridized carbons (Fsp3) is 0.438. The Bertz CT molecular complexity index is 724. The third-order valence-corrected chi connectivity index (χ3v) is 3.80. The maximum Gasteiger partial charge on any atom is 0.222 e. The monoisotopic (exact) mass is 350 g/mol. The van der Waals surface area contributed by atoms with Crippen LogP contribution < -0.4 is 10.1 Å². The molecule has 0 aliphatic carbocycles. The van der Waals surface area contributed by atoms with Crippen molar-refractivity contribution in [2.75, 3.05) is 20.8 Å². The molecule has 130 valence electrons. The van der Waals surface area contributed by atoms with E-state index in [-0.39, 0.29) is 11.9 Å². The number of hydrogen-bond donors (Lipinski definition) is 2. The highest BCUT2D eigenvalue weighted by atomic mass is 32.1. The van der Waals surface area contributed by atoms with Gasteiger partial charge in [-0.05, 0) is 43.4 Å². The summed E-state index contributed by atoms with van der Waals surface area (Å²) in [5.74, 6) is 1.41. The number of nitrogens with one attached hydrogen (secondary N) is 2. The Balaban J connectivity index is 2.07. The van der Waals surface area contributed by atoms with Gasteiger partial charge in [0.1, 0.15) is 5.75 Å². The van der Waals surface area contributed by atoms with Crippen molar-refractivity contribution in [3.8, 4) is 17.1 Å². The van der Waals surface area contributed by atoms with Gasteiger partial charge >= 0.3 is 0 Å². The molecule has 7 nitrogen and oxygen atoms in total. The predicted molar refractivity (Wildman–Crippen MR) is 93.5 cm³/mol. The number of methoxy groups -OCH3 is 2. The number of carbonyl (C=O) groups is 1. The number of ether oxygens (including phenoxy) is 2. The second-order valence-corrected chi connectivity index (χ2v) is 5.79. The van der Waals surface area contributed by atoms with Crippen LogP contribution in [-0.4, -0.2) is 47.5 Å². The van der Waals surface area contributed by atoms with Crippen molar-refractivity contribution in [2.24, 2.45) is 0 Å². The molecule has 1 aromatic carbocycles. The van der Waals surface area contributed by atoms with Gasteiger partial charge in [0.15, 0.2) is 10.6 Å². The lowest BCUT2D eigenvalue weighted by Crippen LogP contribution is -2.36. The third-order valence-electron chi connectivity index (χ3n) is 3.49. The molecule has 1 amide bonds. The van der Waals surface area contributed by atoms with E-state index >= 15 is 0 Å². The Morgan fingerprint density at radius 3 is 2.71 bits per heavy atom. The van der Waals surface area contributed by atoms with Gasteiger partial charge in [-0.2, -0.15) is 5.10 Å². The molecule has 1 atom stereocenters. The van der Waals surface area contributed by atoms with Gasteiger partial charge in [-0.1, -0.05) is 0 Å². The molecule has 2 N–H and O–H groups in total. The molecule has 24 heavy (non-hydrogen) atoms. The molecule has 0 saturated carbocycles. The number of aromatic amines is 1. The van der Waals surface area contributed by atoms with Crippen molar-refractivity contribution in [1.29, 1.82) is 0 Å². The summed E-state index contributed by atoms with van der Waals surface area (Å²) < 4.78 is 12.5. The summed E-state index contributed by atoms with van der Waals surface area (Å²) in [5, 5.41) is 9.92. The highest BCUT2D eigenvalue weighted by molar-refractivity contribution is 7.71. The smallest absolute Gasteiger partial charge is 0.222 e. The molecule has 0 bridgehead atoms. The van der Waals surface area contributed by atoms with Crippen molar-refractivity contribution in [3.05, 3.63) is 29.0 Å². The zero-order chi connectivity index (χ0) is 17.5. The maximum atomic E-state index is 12.0. The summed E-state index contributed by atoms with van der Waals surface area (Å²) in [5.41, 5.74) is 0.899. The van der Waals surface area contributed by atoms with E-state index in [4.69, 9.17) is 21.7 Å². The van der Waals surface area contributed by atoms with Crippen LogP contribution in [0.5, 0.6) is 5.75 Å². The van der Waals surface area contributed by atoms with E-state index in [1.54, 1.807) is 14.2 Å². The van der Waals surface area contributed by atoms with Gasteiger partial charge in [0.25, 0.3) is 0 Å². The van der Waals surface area contributed by atoms with E-state index in [1.807, 2.05) is 35.8 Å². The minimum Gasteiger partial charge on any atom is -0.497 e. The summed E-state index contributed by atoms with van der Waals surface area (Å²) in [6.07, 6.45) is 0.311. The number of hydrogen-bond acceptors (Lipinski definition) is 5. The fourth-order valence-corrected chi connectivity index (χ4v) is 2.56. The number of carbonyl (C=O) groups excluding carboxylic acids is 1. The number of rotatable bonds is 8. The maximum absolute atomic E-state index is 12.0. The van der Waals surface area contributed by atoms with Crippen LogP contribution in [0.1, 0.15) is 13.3 Å². The SMILES string of the molecule is COCC(C)NC(=O)CCn1c(-c2ccc(OC)cc2)n[nH]c1=S. The first kappa shape index (κ1) is 18.2. The lowest BCUT2D eigenvalue weighted by atomic mass is 10.2. The average molecular weight is 350 g/mol. The molecule has 0 saturated heterocycles. The predicted octanol–water partition coefficient (Wildman–Crippen LogP) is 2.16. The molecule has 1 unspecified atom stereocenters. The lowest BCUT2D eigenvalue weighted by Gasteiger charge is -2.13. The molecule has 1 aromatic heterocycles. The molecule has 0 spiro atoms. The topological polar surface area (TPSA) is 81.2 Å². The second kappa shape index (κ2) is 8.60. The average Bonchev–Trinajstić information content (AvgIpc) is 2.94. The molecule has 2 rings (SSSR count). The molecule has 0 aliphatic rings. The lowest BCUT2D eigenvalue weighted by molar-refractivity contribution is -0.122. The van der Waals surface area contributed by atoms with Crippen molar-refractivity contribution in [3.63, 3.8) is 0 Å². The number of H-pyrrole nitrogens is 1. The molecule has 0 aliphatic heterocycles. The van der Waals surface area contributed by atoms with E-state index in [2.05, 4.69) is 15.5 Å². The van der Waals surface area contributed by atoms with Crippen molar-refractivity contribution in [1.82, 2.24) is 20.1 Å². The van der Waals surface area contributed by atoms with Gasteiger partial charge in [-0.15, -0.1) is 0 Å². The van der Waals surface area contributed by atoms with Crippen LogP contribution in [0.3, 0.4) is 0 Å². The van der Waals surface area contributed by atoms with Crippen LogP contribution in [0, 0.1) is 4.77 Å². The van der Waals surface area contributed by atoms with Gasteiger partial charge in [0.2, 0.25) is 5.91 Å². The van der Waals surface area contributed by atoms with Crippen LogP contribution >= 0.6 is 12.2 Å². The molecule has 8 heteroatoms. The Hall–Kier alpha value is -2.19. The van der Waals surface area contributed by atoms with Gasteiger partial charge < -0.3 is 14.8 Å². The molecule has 0 radical (unpaired) electrons. The van der Waals surface area contributed by atoms with Gasteiger partial charge in [0, 0.05) is 31.7 Å². The quantitative estimate of drug-likeness (QED) is 0.713. The summed E-state index contributed by atoms with van der Waals surface area (Å²) >= 11 is 5.27. The second-order valence-electron chi connectivity index (χ2n) is 5.41. The Morgan fingerprint density at radius 2 is 2.08 bits per heavy atom. The van der Waals surface area contributed by atoms with E-state index in [0.717, 1.165) is 11.3 Å². The molecule has 0 fully saturated rings. The number of amides is 1. The van der Waals surface area contributed by atoms with Gasteiger partial charge in [0.05, 0.1) is 13.7 Å². The number of aromatic nitrogens is 3. The Morgan fingerprint density at radius 1 is 1.38 bits per heavy atom. The summed E-state index contributed by atoms with van der Waals surface area (Å²) in [6, 6.07) is 7.50. The third kappa shape index (κ3) is 4.65. The van der Waals surface area contributed by atoms with Crippen LogP contribution in [0.15, 0.2) is 24.3 Å². The van der Waals surface area contributed by atoms with Crippen LogP contribution in [-0.2, 0) is 16.1 Å². The van der Waals surface area contributed by atoms with Gasteiger partial charge in [-0.3, -0.25) is 14.5 Å². The molecule has 1 heterocycles. The number of benzene rings is 1. The van der Waals surface area contributed by atoms with Crippen molar-refractivity contribution < 1.29 is 14.3 Å². The Kier molecular flexibility index (Phi) is 6.51. The first-order valence-corrected chi connectivity index (χ1v) is 8.04. The molecular formula is C16H22N4O3S. The van der Waals surface area contributed by atoms with E-state index in [1.165, 1.54) is 0 Å². The normalized spacial score (nSPS) is 12.0.